The van der Waals surface area contributed by atoms with Gasteiger partial charge in [0.25, 0.3) is 0 Å². The molecule has 0 saturated carbocycles. The Morgan fingerprint density at radius 1 is 1.27 bits per heavy atom. The van der Waals surface area contributed by atoms with Crippen molar-refractivity contribution in [1.82, 2.24) is 0 Å². The highest BCUT2D eigenvalue weighted by atomic mass is 19.2. The molecule has 0 amide bonds. The first-order valence-corrected chi connectivity index (χ1v) is 3.89. The van der Waals surface area contributed by atoms with Crippen LogP contribution < -0.4 is 0 Å². The summed E-state index contributed by atoms with van der Waals surface area (Å²) in [5, 5.41) is 9.04. The summed E-state index contributed by atoms with van der Waals surface area (Å²) in [7, 11) is 0. The van der Waals surface area contributed by atoms with Crippen molar-refractivity contribution in [2.45, 2.75) is 12.3 Å². The van der Waals surface area contributed by atoms with E-state index < -0.39 is 35.3 Å². The van der Waals surface area contributed by atoms with Crippen LogP contribution in [-0.2, 0) is 5.85 Å². The number of halogens is 4. The van der Waals surface area contributed by atoms with E-state index in [4.69, 9.17) is 11.5 Å². The highest BCUT2D eigenvalue weighted by Crippen LogP contribution is 2.30. The molecule has 15 heavy (non-hydrogen) atoms. The van der Waals surface area contributed by atoms with E-state index in [1.54, 1.807) is 5.92 Å². The Bertz CT molecular complexity index is 420. The smallest absolute Gasteiger partial charge is 0.246 e. The third-order valence-electron chi connectivity index (χ3n) is 1.78. The molecule has 1 N–H and O–H groups in total. The van der Waals surface area contributed by atoms with Crippen LogP contribution in [-0.4, -0.2) is 5.11 Å². The first-order valence-electron chi connectivity index (χ1n) is 3.89. The van der Waals surface area contributed by atoms with E-state index >= 15 is 0 Å². The van der Waals surface area contributed by atoms with Gasteiger partial charge in [0.15, 0.2) is 17.5 Å². The van der Waals surface area contributed by atoms with Crippen LogP contribution >= 0.6 is 0 Å². The van der Waals surface area contributed by atoms with Crippen LogP contribution in [0.1, 0.15) is 12.0 Å². The van der Waals surface area contributed by atoms with Gasteiger partial charge in [-0.15, -0.1) is 12.3 Å². The molecule has 80 valence electrons. The van der Waals surface area contributed by atoms with Gasteiger partial charge in [0, 0.05) is 0 Å². The number of hydrogen-bond donors (Lipinski definition) is 1. The highest BCUT2D eigenvalue weighted by molar-refractivity contribution is 5.25. The second-order valence-corrected chi connectivity index (χ2v) is 2.86. The van der Waals surface area contributed by atoms with Gasteiger partial charge in [-0.05, 0) is 12.1 Å². The average molecular weight is 218 g/mol. The molecule has 1 aromatic rings. The molecular weight excluding hydrogens is 212 g/mol. The summed E-state index contributed by atoms with van der Waals surface area (Å²) < 4.78 is 51.4. The van der Waals surface area contributed by atoms with Gasteiger partial charge in [-0.1, -0.05) is 0 Å². The van der Waals surface area contributed by atoms with E-state index in [-0.39, 0.29) is 0 Å². The summed E-state index contributed by atoms with van der Waals surface area (Å²) in [6.07, 6.45) is 3.88. The van der Waals surface area contributed by atoms with Crippen molar-refractivity contribution in [3.05, 3.63) is 35.1 Å². The Balaban J connectivity index is 3.28. The minimum atomic E-state index is -3.20. The molecule has 1 unspecified atom stereocenters. The fourth-order valence-corrected chi connectivity index (χ4v) is 1.05. The lowest BCUT2D eigenvalue weighted by Gasteiger charge is -2.17. The predicted molar refractivity (Wildman–Crippen MR) is 44.8 cm³/mol. The molecule has 0 spiro atoms. The highest BCUT2D eigenvalue weighted by Gasteiger charge is 2.33. The molecular formula is C10H6F4O. The van der Waals surface area contributed by atoms with E-state index in [0.717, 1.165) is 0 Å². The molecule has 1 rings (SSSR count). The molecule has 0 radical (unpaired) electrons. The van der Waals surface area contributed by atoms with E-state index in [2.05, 4.69) is 0 Å². The van der Waals surface area contributed by atoms with Crippen LogP contribution in [0.25, 0.3) is 0 Å². The van der Waals surface area contributed by atoms with Gasteiger partial charge in [-0.25, -0.2) is 17.6 Å². The minimum Gasteiger partial charge on any atom is -0.357 e. The normalized spacial score (nSPS) is 14.4. The molecule has 0 bridgehead atoms. The predicted octanol–water partition coefficient (Wildman–Crippen LogP) is 2.24. The van der Waals surface area contributed by atoms with Crippen molar-refractivity contribution in [2.24, 2.45) is 0 Å². The first kappa shape index (κ1) is 11.5. The quantitative estimate of drug-likeness (QED) is 0.458. The van der Waals surface area contributed by atoms with Crippen molar-refractivity contribution in [2.75, 3.05) is 0 Å². The SMILES string of the molecule is C#CCC(O)(F)c1ccc(F)c(F)c1F. The summed E-state index contributed by atoms with van der Waals surface area (Å²) in [6.45, 7) is 0. The third kappa shape index (κ3) is 2.10. The lowest BCUT2D eigenvalue weighted by molar-refractivity contribution is -0.0932. The van der Waals surface area contributed by atoms with Crippen molar-refractivity contribution < 1.29 is 22.7 Å². The van der Waals surface area contributed by atoms with Crippen molar-refractivity contribution >= 4 is 0 Å². The molecule has 0 aliphatic heterocycles. The topological polar surface area (TPSA) is 20.2 Å². The first-order chi connectivity index (χ1) is 6.90. The van der Waals surface area contributed by atoms with Gasteiger partial charge in [-0.3, -0.25) is 0 Å². The van der Waals surface area contributed by atoms with Crippen LogP contribution in [0.4, 0.5) is 17.6 Å². The zero-order chi connectivity index (χ0) is 11.6. The molecule has 0 aliphatic rings. The van der Waals surface area contributed by atoms with Gasteiger partial charge in [0.2, 0.25) is 5.85 Å². The maximum Gasteiger partial charge on any atom is 0.246 e. The average Bonchev–Trinajstić information content (AvgIpc) is 2.13. The summed E-state index contributed by atoms with van der Waals surface area (Å²) in [5.74, 6) is -6.54. The number of hydrogen-bond acceptors (Lipinski definition) is 1. The Labute approximate surface area is 83.3 Å². The van der Waals surface area contributed by atoms with Gasteiger partial charge >= 0.3 is 0 Å². The van der Waals surface area contributed by atoms with Gasteiger partial charge in [-0.2, -0.15) is 0 Å². The molecule has 1 nitrogen and oxygen atoms in total. The van der Waals surface area contributed by atoms with E-state index in [1.807, 2.05) is 0 Å². The van der Waals surface area contributed by atoms with Gasteiger partial charge in [0.1, 0.15) is 0 Å². The summed E-state index contributed by atoms with van der Waals surface area (Å²) in [4.78, 5) is 0. The third-order valence-corrected chi connectivity index (χ3v) is 1.78. The Morgan fingerprint density at radius 3 is 2.40 bits per heavy atom. The lowest BCUT2D eigenvalue weighted by atomic mass is 10.0. The van der Waals surface area contributed by atoms with Gasteiger partial charge in [0.05, 0.1) is 12.0 Å². The second-order valence-electron chi connectivity index (χ2n) is 2.86. The fraction of sp³-hybridized carbons (Fsp3) is 0.200. The van der Waals surface area contributed by atoms with Crippen LogP contribution in [0.15, 0.2) is 12.1 Å². The van der Waals surface area contributed by atoms with E-state index in [9.17, 15) is 17.6 Å². The minimum absolute atomic E-state index is 0.509. The maximum atomic E-state index is 13.3. The molecule has 5 heteroatoms. The monoisotopic (exact) mass is 218 g/mol. The molecule has 0 aliphatic carbocycles. The number of rotatable bonds is 2. The Morgan fingerprint density at radius 2 is 1.87 bits per heavy atom. The number of terminal acetylenes is 1. The van der Waals surface area contributed by atoms with E-state index in [1.165, 1.54) is 0 Å². The largest absolute Gasteiger partial charge is 0.357 e. The zero-order valence-corrected chi connectivity index (χ0v) is 7.40. The maximum absolute atomic E-state index is 13.3. The molecule has 0 saturated heterocycles. The summed E-state index contributed by atoms with van der Waals surface area (Å²) in [5.41, 5.74) is -1.01. The van der Waals surface area contributed by atoms with Crippen LogP contribution in [0, 0.1) is 29.8 Å². The fourth-order valence-electron chi connectivity index (χ4n) is 1.05. The Hall–Kier alpha value is -1.54. The molecule has 1 atom stereocenters. The standard InChI is InChI=1S/C10H6F4O/c1-2-5-10(14,15)6-3-4-7(11)9(13)8(6)12/h1,3-4,15H,5H2. The number of alkyl halides is 1. The van der Waals surface area contributed by atoms with Crippen molar-refractivity contribution in [3.63, 3.8) is 0 Å². The zero-order valence-electron chi connectivity index (χ0n) is 7.40. The lowest BCUT2D eigenvalue weighted by Crippen LogP contribution is -2.21. The number of benzene rings is 1. The summed E-state index contributed by atoms with van der Waals surface area (Å²) >= 11 is 0. The van der Waals surface area contributed by atoms with Crippen molar-refractivity contribution in [3.8, 4) is 12.3 Å². The van der Waals surface area contributed by atoms with E-state index in [0.29, 0.717) is 12.1 Å². The van der Waals surface area contributed by atoms with Gasteiger partial charge < -0.3 is 5.11 Å². The molecule has 0 aromatic heterocycles. The molecule has 0 fully saturated rings. The van der Waals surface area contributed by atoms with Crippen molar-refractivity contribution in [1.29, 1.82) is 0 Å². The van der Waals surface area contributed by atoms with Crippen LogP contribution in [0.2, 0.25) is 0 Å². The molecule has 1 aromatic carbocycles. The number of aliphatic hydroxyl groups is 1. The van der Waals surface area contributed by atoms with Crippen LogP contribution in [0.5, 0.6) is 0 Å². The second kappa shape index (κ2) is 3.91. The van der Waals surface area contributed by atoms with Crippen LogP contribution in [0.3, 0.4) is 0 Å². The Kier molecular flexibility index (Phi) is 3.01. The summed E-state index contributed by atoms with van der Waals surface area (Å²) in [6, 6.07) is 1.11. The molecule has 0 heterocycles.